The minimum atomic E-state index is 0.697. The van der Waals surface area contributed by atoms with Gasteiger partial charge >= 0.3 is 0 Å². The summed E-state index contributed by atoms with van der Waals surface area (Å²) in [5.74, 6) is 0.918. The molecule has 1 saturated carbocycles. The smallest absolute Gasteiger partial charge is 0.0106 e. The third-order valence-electron chi connectivity index (χ3n) is 5.20. The quantitative estimate of drug-likeness (QED) is 0.702. The van der Waals surface area contributed by atoms with E-state index >= 15 is 0 Å². The van der Waals surface area contributed by atoms with Crippen LogP contribution in [-0.4, -0.2) is 63.2 Å². The minimum Gasteiger partial charge on any atom is -0.317 e. The zero-order valence-electron chi connectivity index (χ0n) is 18.0. The van der Waals surface area contributed by atoms with E-state index in [0.29, 0.717) is 5.41 Å². The maximum atomic E-state index is 3.45. The summed E-state index contributed by atoms with van der Waals surface area (Å²) in [7, 11) is 4.59. The average molecular weight is 342 g/mol. The van der Waals surface area contributed by atoms with Gasteiger partial charge in [0.2, 0.25) is 0 Å². The molecule has 2 fully saturated rings. The fourth-order valence-corrected chi connectivity index (χ4v) is 3.39. The van der Waals surface area contributed by atoms with Crippen molar-refractivity contribution < 1.29 is 0 Å². The fraction of sp³-hybridized carbons (Fsp3) is 1.00. The summed E-state index contributed by atoms with van der Waals surface area (Å²) < 4.78 is 0. The fourth-order valence-electron chi connectivity index (χ4n) is 3.39. The van der Waals surface area contributed by atoms with Gasteiger partial charge in [-0.05, 0) is 70.6 Å². The number of hydrogen-bond acceptors (Lipinski definition) is 3. The van der Waals surface area contributed by atoms with E-state index in [1.165, 1.54) is 77.8 Å². The van der Waals surface area contributed by atoms with Gasteiger partial charge in [0, 0.05) is 26.2 Å². The summed E-state index contributed by atoms with van der Waals surface area (Å²) in [6, 6.07) is 0. The van der Waals surface area contributed by atoms with Gasteiger partial charge in [-0.25, -0.2) is 0 Å². The van der Waals surface area contributed by atoms with Crippen molar-refractivity contribution in [1.29, 1.82) is 0 Å². The Morgan fingerprint density at radius 3 is 1.88 bits per heavy atom. The van der Waals surface area contributed by atoms with Gasteiger partial charge in [-0.1, -0.05) is 41.0 Å². The van der Waals surface area contributed by atoms with Gasteiger partial charge in [0.25, 0.3) is 0 Å². The molecule has 0 aromatic carbocycles. The lowest BCUT2D eigenvalue weighted by Gasteiger charge is -2.29. The maximum absolute atomic E-state index is 3.45. The largest absolute Gasteiger partial charge is 0.317 e. The first-order chi connectivity index (χ1) is 11.5. The molecule has 3 nitrogen and oxygen atoms in total. The van der Waals surface area contributed by atoms with E-state index in [1.807, 2.05) is 13.8 Å². The third-order valence-corrected chi connectivity index (χ3v) is 5.20. The predicted octanol–water partition coefficient (Wildman–Crippen LogP) is 4.48. The first-order valence-corrected chi connectivity index (χ1v) is 10.6. The van der Waals surface area contributed by atoms with Gasteiger partial charge in [0.05, 0.1) is 0 Å². The normalized spacial score (nSPS) is 19.4. The first-order valence-electron chi connectivity index (χ1n) is 10.6. The number of piperidine rings is 1. The Morgan fingerprint density at radius 1 is 0.917 bits per heavy atom. The summed E-state index contributed by atoms with van der Waals surface area (Å²) in [4.78, 5) is 5.09. The lowest BCUT2D eigenvalue weighted by molar-refractivity contribution is 0.194. The first kappa shape index (κ1) is 23.9. The molecule has 1 aliphatic heterocycles. The average Bonchev–Trinajstić information content (AvgIpc) is 3.37. The summed E-state index contributed by atoms with van der Waals surface area (Å²) in [5, 5.41) is 3.45. The van der Waals surface area contributed by atoms with Crippen molar-refractivity contribution in [3.8, 4) is 0 Å². The predicted molar refractivity (Wildman–Crippen MR) is 110 cm³/mol. The molecule has 0 atom stereocenters. The van der Waals surface area contributed by atoms with Crippen LogP contribution >= 0.6 is 0 Å². The van der Waals surface area contributed by atoms with Crippen molar-refractivity contribution in [2.45, 2.75) is 73.1 Å². The molecule has 2 rings (SSSR count). The van der Waals surface area contributed by atoms with Crippen molar-refractivity contribution in [2.24, 2.45) is 11.3 Å². The van der Waals surface area contributed by atoms with Crippen LogP contribution in [0.2, 0.25) is 0 Å². The highest BCUT2D eigenvalue weighted by molar-refractivity contribution is 4.93. The van der Waals surface area contributed by atoms with E-state index in [1.54, 1.807) is 0 Å². The van der Waals surface area contributed by atoms with Gasteiger partial charge in [-0.15, -0.1) is 0 Å². The maximum Gasteiger partial charge on any atom is 0.0106 e. The van der Waals surface area contributed by atoms with E-state index in [0.717, 1.165) is 5.92 Å². The second-order valence-corrected chi connectivity index (χ2v) is 7.75. The van der Waals surface area contributed by atoms with Crippen LogP contribution in [0.5, 0.6) is 0 Å². The summed E-state index contributed by atoms with van der Waals surface area (Å²) in [5.41, 5.74) is 0.697. The molecule has 1 saturated heterocycles. The molecular weight excluding hydrogens is 294 g/mol. The van der Waals surface area contributed by atoms with E-state index in [4.69, 9.17) is 0 Å². The molecule has 0 aromatic heterocycles. The Kier molecular flexibility index (Phi) is 14.0. The molecule has 1 aliphatic carbocycles. The van der Waals surface area contributed by atoms with Crippen molar-refractivity contribution in [1.82, 2.24) is 15.1 Å². The van der Waals surface area contributed by atoms with Crippen LogP contribution in [0.3, 0.4) is 0 Å². The molecule has 3 heteroatoms. The molecule has 0 spiro atoms. The number of nitrogens with one attached hydrogen (secondary N) is 1. The topological polar surface area (TPSA) is 18.5 Å². The Labute approximate surface area is 153 Å². The van der Waals surface area contributed by atoms with Gasteiger partial charge in [0.15, 0.2) is 0 Å². The standard InChI is InChI=1S/C16H33N3.C3H8.C2H6/c1-4-16(7-8-16)14-19(3)12-11-18(2)13-15-5-9-17-10-6-15;1-3-2;1-2/h15,17H,4-14H2,1-3H3;3H2,1-2H3;1-2H3. The monoisotopic (exact) mass is 341 g/mol. The van der Waals surface area contributed by atoms with Gasteiger partial charge in [-0.3, -0.25) is 0 Å². The van der Waals surface area contributed by atoms with Crippen LogP contribution in [0.1, 0.15) is 73.1 Å². The van der Waals surface area contributed by atoms with Crippen LogP contribution in [0, 0.1) is 11.3 Å². The molecule has 24 heavy (non-hydrogen) atoms. The zero-order chi connectivity index (χ0) is 18.4. The number of hydrogen-bond donors (Lipinski definition) is 1. The summed E-state index contributed by atoms with van der Waals surface area (Å²) in [6.07, 6.45) is 8.25. The lowest BCUT2D eigenvalue weighted by atomic mass is 9.98. The van der Waals surface area contributed by atoms with Gasteiger partial charge in [-0.2, -0.15) is 0 Å². The molecule has 0 bridgehead atoms. The Bertz CT molecular complexity index is 270. The van der Waals surface area contributed by atoms with Crippen molar-refractivity contribution in [3.63, 3.8) is 0 Å². The number of nitrogens with zero attached hydrogens (tertiary/aromatic N) is 2. The molecule has 0 amide bonds. The number of likely N-dealkylation sites (N-methyl/N-ethyl adjacent to an activating group) is 2. The lowest BCUT2D eigenvalue weighted by Crippen LogP contribution is -2.38. The highest BCUT2D eigenvalue weighted by atomic mass is 15.2. The van der Waals surface area contributed by atoms with E-state index in [9.17, 15) is 0 Å². The SMILES string of the molecule is CC.CCC.CCC1(CN(C)CCN(C)CC2CCNCC2)CC1. The van der Waals surface area contributed by atoms with Crippen molar-refractivity contribution in [2.75, 3.05) is 53.4 Å². The Balaban J connectivity index is 0.000000952. The molecule has 0 aromatic rings. The van der Waals surface area contributed by atoms with E-state index in [-0.39, 0.29) is 0 Å². The van der Waals surface area contributed by atoms with E-state index < -0.39 is 0 Å². The second kappa shape index (κ2) is 14.1. The van der Waals surface area contributed by atoms with Crippen molar-refractivity contribution in [3.05, 3.63) is 0 Å². The van der Waals surface area contributed by atoms with Crippen LogP contribution in [0.25, 0.3) is 0 Å². The third kappa shape index (κ3) is 10.7. The summed E-state index contributed by atoms with van der Waals surface area (Å²) >= 11 is 0. The minimum absolute atomic E-state index is 0.697. The molecule has 146 valence electrons. The van der Waals surface area contributed by atoms with Crippen LogP contribution < -0.4 is 5.32 Å². The molecule has 1 N–H and O–H groups in total. The Hall–Kier alpha value is -0.120. The highest BCUT2D eigenvalue weighted by Crippen LogP contribution is 2.48. The molecule has 0 unspecified atom stereocenters. The van der Waals surface area contributed by atoms with Gasteiger partial charge in [0.1, 0.15) is 0 Å². The molecule has 0 radical (unpaired) electrons. The number of rotatable bonds is 8. The molecule has 1 heterocycles. The van der Waals surface area contributed by atoms with Gasteiger partial charge < -0.3 is 15.1 Å². The van der Waals surface area contributed by atoms with E-state index in [2.05, 4.69) is 50.0 Å². The molecular formula is C21H47N3. The zero-order valence-corrected chi connectivity index (χ0v) is 18.0. The highest BCUT2D eigenvalue weighted by Gasteiger charge is 2.41. The molecule has 2 aliphatic rings. The summed E-state index contributed by atoms with van der Waals surface area (Å²) in [6.45, 7) is 18.1. The van der Waals surface area contributed by atoms with Crippen LogP contribution in [-0.2, 0) is 0 Å². The Morgan fingerprint density at radius 2 is 1.42 bits per heavy atom. The van der Waals surface area contributed by atoms with Crippen molar-refractivity contribution >= 4 is 0 Å². The van der Waals surface area contributed by atoms with Crippen LogP contribution in [0.4, 0.5) is 0 Å². The van der Waals surface area contributed by atoms with Crippen LogP contribution in [0.15, 0.2) is 0 Å². The second-order valence-electron chi connectivity index (χ2n) is 7.75.